The van der Waals surface area contributed by atoms with Crippen LogP contribution in [0.1, 0.15) is 30.5 Å². The van der Waals surface area contributed by atoms with E-state index in [9.17, 15) is 0 Å². The molecular weight excluding hydrogens is 757 g/mol. The molecule has 11 aromatic rings. The molecule has 0 N–H and O–H groups in total. The molecule has 2 nitrogen and oxygen atoms in total. The lowest BCUT2D eigenvalue weighted by Crippen LogP contribution is -2.15. The Labute approximate surface area is 361 Å². The van der Waals surface area contributed by atoms with Gasteiger partial charge in [-0.05, 0) is 117 Å². The van der Waals surface area contributed by atoms with Crippen molar-refractivity contribution in [3.8, 4) is 44.5 Å². The van der Waals surface area contributed by atoms with Gasteiger partial charge < -0.3 is 9.30 Å². The number of para-hydroxylation sites is 3. The summed E-state index contributed by atoms with van der Waals surface area (Å²) in [6.45, 7) is 6.91. The van der Waals surface area contributed by atoms with Crippen LogP contribution in [-0.2, 0) is 5.41 Å². The van der Waals surface area contributed by atoms with Crippen molar-refractivity contribution in [3.05, 3.63) is 211 Å². The molecule has 1 aliphatic rings. The number of rotatable bonds is 6. The second-order valence-corrected chi connectivity index (χ2v) is 17.7. The smallest absolute Gasteiger partial charge is 0.0782 e. The van der Waals surface area contributed by atoms with Crippen molar-refractivity contribution >= 4 is 67.8 Å². The van der Waals surface area contributed by atoms with Gasteiger partial charge >= 0.3 is 0 Å². The number of aromatic nitrogens is 1. The first-order chi connectivity index (χ1) is 29.8. The van der Waals surface area contributed by atoms with Gasteiger partial charge in [0.1, 0.15) is 0 Å². The number of fused-ring (bicyclic) bond motifs is 9. The van der Waals surface area contributed by atoms with Crippen LogP contribution in [0.15, 0.2) is 199 Å². The normalized spacial score (nSPS) is 13.0. The van der Waals surface area contributed by atoms with Crippen LogP contribution in [0.2, 0.25) is 0 Å². The molecule has 12 rings (SSSR count). The Morgan fingerprint density at radius 3 is 1.75 bits per heavy atom. The molecule has 0 aliphatic heterocycles. The molecule has 0 radical (unpaired) electrons. The zero-order valence-corrected chi connectivity index (χ0v) is 35.2. The van der Waals surface area contributed by atoms with Crippen LogP contribution in [0, 0.1) is 6.92 Å². The molecular formula is C58H42N2S. The molecule has 0 saturated heterocycles. The number of benzene rings is 9. The van der Waals surface area contributed by atoms with E-state index in [4.69, 9.17) is 12.6 Å². The van der Waals surface area contributed by atoms with Crippen molar-refractivity contribution in [1.29, 1.82) is 0 Å². The van der Waals surface area contributed by atoms with Crippen molar-refractivity contribution in [2.75, 3.05) is 4.90 Å². The van der Waals surface area contributed by atoms with Gasteiger partial charge in [0.25, 0.3) is 0 Å². The number of anilines is 3. The van der Waals surface area contributed by atoms with Gasteiger partial charge in [0.2, 0.25) is 0 Å². The topological polar surface area (TPSA) is 7.65 Å². The molecule has 2 heterocycles. The summed E-state index contributed by atoms with van der Waals surface area (Å²) in [5, 5.41) is 5.08. The number of hydrogen-bond donors (Lipinski definition) is 1. The van der Waals surface area contributed by atoms with Crippen LogP contribution < -0.4 is 4.90 Å². The summed E-state index contributed by atoms with van der Waals surface area (Å²) in [7, 11) is 0. The predicted octanol–water partition coefficient (Wildman–Crippen LogP) is 16.2. The van der Waals surface area contributed by atoms with E-state index < -0.39 is 0 Å². The van der Waals surface area contributed by atoms with Crippen LogP contribution in [0.25, 0.3) is 82.6 Å². The molecule has 2 aromatic heterocycles. The Morgan fingerprint density at radius 2 is 1.02 bits per heavy atom. The largest absolute Gasteiger partial charge is 0.308 e. The lowest BCUT2D eigenvalue weighted by Gasteiger charge is -2.27. The Morgan fingerprint density at radius 1 is 0.426 bits per heavy atom. The van der Waals surface area contributed by atoms with Crippen molar-refractivity contribution in [2.24, 2.45) is 0 Å². The van der Waals surface area contributed by atoms with Crippen LogP contribution in [0.4, 0.5) is 17.1 Å². The average molecular weight is 799 g/mol. The van der Waals surface area contributed by atoms with Crippen molar-refractivity contribution in [1.82, 2.24) is 4.40 Å². The highest BCUT2D eigenvalue weighted by atomic mass is 32.1. The molecule has 0 atom stereocenters. The summed E-state index contributed by atoms with van der Waals surface area (Å²) in [4.78, 5) is 3.41. The monoisotopic (exact) mass is 798 g/mol. The summed E-state index contributed by atoms with van der Waals surface area (Å²) >= 11 is 4.84. The van der Waals surface area contributed by atoms with Crippen LogP contribution >= 0.6 is 12.6 Å². The molecule has 0 amide bonds. The Balaban J connectivity index is 1.01. The second kappa shape index (κ2) is 13.5. The fraction of sp³-hybridized carbons (Fsp3) is 0.0690. The molecule has 0 saturated carbocycles. The lowest BCUT2D eigenvalue weighted by atomic mass is 9.81. The van der Waals surface area contributed by atoms with Gasteiger partial charge in [-0.25, -0.2) is 0 Å². The maximum absolute atomic E-state index is 4.84. The summed E-state index contributed by atoms with van der Waals surface area (Å²) in [5.41, 5.74) is 20.8. The minimum atomic E-state index is -0.0610. The number of hydrogen-bond acceptors (Lipinski definition) is 2. The molecule has 0 unspecified atom stereocenters. The van der Waals surface area contributed by atoms with E-state index in [1.807, 2.05) is 0 Å². The number of aryl methyl sites for hydroxylation is 1. The molecule has 0 spiro atoms. The van der Waals surface area contributed by atoms with Crippen LogP contribution in [-0.4, -0.2) is 4.40 Å². The standard InChI is InChI=1S/C58H42N2S/c1-36-19-31-51-50(33-36)44-30-24-41(35-52(44)58(51,2)3)38-22-28-43(29-23-38)59(42-26-20-37(21-27-42)40-25-32-55(61)49(34-40)39-11-5-4-6-12-39)54-18-10-16-48-47-15-9-14-46-45-13-7-8-17-53(45)60(56(46)47)57(48)54/h4-35,61H,1-3H3. The third-order valence-electron chi connectivity index (χ3n) is 13.3. The van der Waals surface area contributed by atoms with Gasteiger partial charge in [-0.15, -0.1) is 12.6 Å². The van der Waals surface area contributed by atoms with Gasteiger partial charge in [-0.2, -0.15) is 0 Å². The summed E-state index contributed by atoms with van der Waals surface area (Å²) < 4.78 is 2.50. The minimum absolute atomic E-state index is 0.0610. The predicted molar refractivity (Wildman–Crippen MR) is 262 cm³/mol. The van der Waals surface area contributed by atoms with Crippen molar-refractivity contribution in [2.45, 2.75) is 31.1 Å². The van der Waals surface area contributed by atoms with E-state index in [2.05, 4.69) is 224 Å². The zero-order chi connectivity index (χ0) is 41.0. The van der Waals surface area contributed by atoms with Gasteiger partial charge in [-0.1, -0.05) is 159 Å². The van der Waals surface area contributed by atoms with E-state index in [1.165, 1.54) is 77.0 Å². The molecule has 0 fully saturated rings. The summed E-state index contributed by atoms with van der Waals surface area (Å²) in [6.07, 6.45) is 0. The maximum atomic E-state index is 4.84. The van der Waals surface area contributed by atoms with E-state index in [-0.39, 0.29) is 5.41 Å². The molecule has 9 aromatic carbocycles. The fourth-order valence-electron chi connectivity index (χ4n) is 10.3. The lowest BCUT2D eigenvalue weighted by molar-refractivity contribution is 0.660. The van der Waals surface area contributed by atoms with Crippen LogP contribution in [0.3, 0.4) is 0 Å². The average Bonchev–Trinajstić information content (AvgIpc) is 3.90. The van der Waals surface area contributed by atoms with E-state index >= 15 is 0 Å². The first kappa shape index (κ1) is 35.8. The molecule has 0 bridgehead atoms. The molecule has 3 heteroatoms. The highest BCUT2D eigenvalue weighted by molar-refractivity contribution is 7.80. The third kappa shape index (κ3) is 5.44. The molecule has 290 valence electrons. The minimum Gasteiger partial charge on any atom is -0.308 e. The number of thiol groups is 1. The van der Waals surface area contributed by atoms with E-state index in [1.54, 1.807) is 0 Å². The first-order valence-electron chi connectivity index (χ1n) is 21.1. The SMILES string of the molecule is Cc1ccc2c(c1)-c1ccc(-c3ccc(N(c4ccc(-c5ccc(S)c(-c6ccccc6)c5)cc4)c4cccc5c6cccc7c8ccccc8n(c45)c76)cc3)cc1C2(C)C. The fourth-order valence-corrected chi connectivity index (χ4v) is 10.5. The first-order valence-corrected chi connectivity index (χ1v) is 21.6. The third-order valence-corrected chi connectivity index (χ3v) is 13.7. The van der Waals surface area contributed by atoms with Gasteiger partial charge in [-0.3, -0.25) is 0 Å². The summed E-state index contributed by atoms with van der Waals surface area (Å²) in [5.74, 6) is 0. The van der Waals surface area contributed by atoms with Crippen molar-refractivity contribution < 1.29 is 0 Å². The van der Waals surface area contributed by atoms with Gasteiger partial charge in [0.05, 0.1) is 22.2 Å². The molecule has 1 aliphatic carbocycles. The highest BCUT2D eigenvalue weighted by Crippen LogP contribution is 2.51. The molecule has 61 heavy (non-hydrogen) atoms. The maximum Gasteiger partial charge on any atom is 0.0782 e. The Kier molecular flexibility index (Phi) is 7.92. The van der Waals surface area contributed by atoms with E-state index in [0.717, 1.165) is 44.2 Å². The number of nitrogens with zero attached hydrogens (tertiary/aromatic N) is 2. The van der Waals surface area contributed by atoms with Gasteiger partial charge in [0.15, 0.2) is 0 Å². The Bertz CT molecular complexity index is 3500. The second-order valence-electron chi connectivity index (χ2n) is 17.2. The highest BCUT2D eigenvalue weighted by Gasteiger charge is 2.35. The van der Waals surface area contributed by atoms with Gasteiger partial charge in [0, 0.05) is 43.2 Å². The van der Waals surface area contributed by atoms with Crippen LogP contribution in [0.5, 0.6) is 0 Å². The van der Waals surface area contributed by atoms with Crippen molar-refractivity contribution in [3.63, 3.8) is 0 Å². The van der Waals surface area contributed by atoms with E-state index in [0.29, 0.717) is 0 Å². The summed E-state index contributed by atoms with van der Waals surface area (Å²) in [6, 6.07) is 71.6. The quantitative estimate of drug-likeness (QED) is 0.165. The Hall–Kier alpha value is -7.07. The zero-order valence-electron chi connectivity index (χ0n) is 34.3.